The number of halogens is 2. The predicted molar refractivity (Wildman–Crippen MR) is 103 cm³/mol. The first-order valence-electron chi connectivity index (χ1n) is 8.33. The van der Waals surface area contributed by atoms with Crippen LogP contribution in [0.5, 0.6) is 0 Å². The minimum Gasteiger partial charge on any atom is -0.257 e. The summed E-state index contributed by atoms with van der Waals surface area (Å²) in [7, 11) is -3.58. The molecule has 0 fully saturated rings. The molecule has 1 heterocycles. The highest BCUT2D eigenvalue weighted by molar-refractivity contribution is 7.92. The first-order chi connectivity index (χ1) is 12.4. The SMILES string of the molecule is CCCCS(=O)(=O)N(Cc1ccc(F)c(F)c1)c1cc2ccccc2s1. The standard InChI is InChI=1S/C19H19F2NO2S2/c1-2-3-10-26(23,24)22(13-14-8-9-16(20)17(21)11-14)19-12-15-6-4-5-7-18(15)25-19/h4-9,11-12H,2-3,10,13H2,1H3. The van der Waals surface area contributed by atoms with Crippen molar-refractivity contribution in [1.29, 1.82) is 0 Å². The van der Waals surface area contributed by atoms with Crippen LogP contribution in [-0.4, -0.2) is 14.2 Å². The van der Waals surface area contributed by atoms with Crippen molar-refractivity contribution in [3.63, 3.8) is 0 Å². The molecule has 0 saturated carbocycles. The molecule has 0 bridgehead atoms. The predicted octanol–water partition coefficient (Wildman–Crippen LogP) is 5.32. The van der Waals surface area contributed by atoms with E-state index in [1.165, 1.54) is 21.7 Å². The van der Waals surface area contributed by atoms with E-state index in [4.69, 9.17) is 0 Å². The topological polar surface area (TPSA) is 37.4 Å². The van der Waals surface area contributed by atoms with Gasteiger partial charge in [0.25, 0.3) is 0 Å². The monoisotopic (exact) mass is 395 g/mol. The second-order valence-corrected chi connectivity index (χ2v) is 9.12. The molecule has 1 aromatic heterocycles. The zero-order valence-corrected chi connectivity index (χ0v) is 15.9. The second-order valence-electron chi connectivity index (χ2n) is 6.05. The van der Waals surface area contributed by atoms with E-state index in [1.54, 1.807) is 0 Å². The zero-order chi connectivity index (χ0) is 18.7. The summed E-state index contributed by atoms with van der Waals surface area (Å²) in [6.07, 6.45) is 1.30. The molecule has 26 heavy (non-hydrogen) atoms. The fourth-order valence-corrected chi connectivity index (χ4v) is 5.61. The van der Waals surface area contributed by atoms with Crippen molar-refractivity contribution in [2.45, 2.75) is 26.3 Å². The number of rotatable bonds is 7. The molecular weight excluding hydrogens is 376 g/mol. The van der Waals surface area contributed by atoms with Gasteiger partial charge in [0.2, 0.25) is 10.0 Å². The van der Waals surface area contributed by atoms with Crippen LogP contribution in [0.1, 0.15) is 25.3 Å². The maximum absolute atomic E-state index is 13.6. The normalized spacial score (nSPS) is 11.8. The molecule has 0 aliphatic carbocycles. The minimum atomic E-state index is -3.58. The Morgan fingerprint density at radius 2 is 1.81 bits per heavy atom. The van der Waals surface area contributed by atoms with Gasteiger partial charge in [-0.05, 0) is 41.6 Å². The summed E-state index contributed by atoms with van der Waals surface area (Å²) >= 11 is 1.37. The summed E-state index contributed by atoms with van der Waals surface area (Å²) in [5.74, 6) is -1.91. The number of anilines is 1. The molecule has 3 nitrogen and oxygen atoms in total. The highest BCUT2D eigenvalue weighted by Crippen LogP contribution is 2.35. The molecule has 138 valence electrons. The number of unbranched alkanes of at least 4 members (excludes halogenated alkanes) is 1. The van der Waals surface area contributed by atoms with Crippen LogP contribution >= 0.6 is 11.3 Å². The molecule has 0 saturated heterocycles. The molecular formula is C19H19F2NO2S2. The van der Waals surface area contributed by atoms with Crippen molar-refractivity contribution < 1.29 is 17.2 Å². The number of hydrogen-bond donors (Lipinski definition) is 0. The fraction of sp³-hybridized carbons (Fsp3) is 0.263. The first kappa shape index (κ1) is 18.8. The van der Waals surface area contributed by atoms with Crippen LogP contribution in [0.4, 0.5) is 13.8 Å². The van der Waals surface area contributed by atoms with E-state index in [1.807, 2.05) is 37.3 Å². The summed E-state index contributed by atoms with van der Waals surface area (Å²) in [5.41, 5.74) is 0.404. The number of thiophene rings is 1. The van der Waals surface area contributed by atoms with Crippen molar-refractivity contribution in [1.82, 2.24) is 0 Å². The van der Waals surface area contributed by atoms with Crippen LogP contribution in [0.15, 0.2) is 48.5 Å². The summed E-state index contributed by atoms with van der Waals surface area (Å²) in [6.45, 7) is 1.89. The summed E-state index contributed by atoms with van der Waals surface area (Å²) in [6, 6.07) is 12.9. The van der Waals surface area contributed by atoms with Gasteiger partial charge in [-0.2, -0.15) is 0 Å². The average Bonchev–Trinajstić information content (AvgIpc) is 3.04. The van der Waals surface area contributed by atoms with Gasteiger partial charge in [-0.15, -0.1) is 11.3 Å². The maximum Gasteiger partial charge on any atom is 0.236 e. The molecule has 0 radical (unpaired) electrons. The molecule has 0 spiro atoms. The van der Waals surface area contributed by atoms with Gasteiger partial charge in [0.15, 0.2) is 11.6 Å². The van der Waals surface area contributed by atoms with Gasteiger partial charge >= 0.3 is 0 Å². The Labute approximate surface area is 155 Å². The van der Waals surface area contributed by atoms with E-state index < -0.39 is 21.7 Å². The van der Waals surface area contributed by atoms with Gasteiger partial charge in [0, 0.05) is 4.70 Å². The van der Waals surface area contributed by atoms with E-state index in [9.17, 15) is 17.2 Å². The molecule has 3 aromatic rings. The Hall–Kier alpha value is -1.99. The number of sulfonamides is 1. The van der Waals surface area contributed by atoms with Gasteiger partial charge in [0.05, 0.1) is 12.3 Å². The van der Waals surface area contributed by atoms with Gasteiger partial charge in [-0.25, -0.2) is 17.2 Å². The molecule has 0 unspecified atom stereocenters. The lowest BCUT2D eigenvalue weighted by Gasteiger charge is -2.23. The molecule has 3 rings (SSSR count). The largest absolute Gasteiger partial charge is 0.257 e. The lowest BCUT2D eigenvalue weighted by molar-refractivity contribution is 0.507. The summed E-state index contributed by atoms with van der Waals surface area (Å²) in [5, 5.41) is 1.53. The van der Waals surface area contributed by atoms with Crippen molar-refractivity contribution in [3.8, 4) is 0 Å². The van der Waals surface area contributed by atoms with Crippen LogP contribution in [0, 0.1) is 11.6 Å². The van der Waals surface area contributed by atoms with Crippen LogP contribution in [0.2, 0.25) is 0 Å². The maximum atomic E-state index is 13.6. The smallest absolute Gasteiger partial charge is 0.236 e. The summed E-state index contributed by atoms with van der Waals surface area (Å²) < 4.78 is 54.8. The molecule has 7 heteroatoms. The number of fused-ring (bicyclic) bond motifs is 1. The minimum absolute atomic E-state index is 0.0153. The molecule has 0 atom stereocenters. The first-order valence-corrected chi connectivity index (χ1v) is 10.8. The van der Waals surface area contributed by atoms with E-state index in [0.717, 1.165) is 28.6 Å². The Morgan fingerprint density at radius 1 is 1.04 bits per heavy atom. The van der Waals surface area contributed by atoms with Gasteiger partial charge in [0.1, 0.15) is 5.00 Å². The zero-order valence-electron chi connectivity index (χ0n) is 14.3. The quantitative estimate of drug-likeness (QED) is 0.543. The van der Waals surface area contributed by atoms with Crippen molar-refractivity contribution >= 4 is 36.4 Å². The van der Waals surface area contributed by atoms with Crippen LogP contribution in [0.3, 0.4) is 0 Å². The Kier molecular flexibility index (Phi) is 5.58. The van der Waals surface area contributed by atoms with Crippen molar-refractivity contribution in [3.05, 3.63) is 65.7 Å². The third kappa shape index (κ3) is 4.04. The third-order valence-corrected chi connectivity index (χ3v) is 7.12. The number of hydrogen-bond acceptors (Lipinski definition) is 3. The highest BCUT2D eigenvalue weighted by atomic mass is 32.2. The molecule has 0 N–H and O–H groups in total. The number of nitrogens with zero attached hydrogens (tertiary/aromatic N) is 1. The lowest BCUT2D eigenvalue weighted by Crippen LogP contribution is -2.32. The van der Waals surface area contributed by atoms with E-state index in [0.29, 0.717) is 17.0 Å². The molecule has 0 aliphatic heterocycles. The molecule has 0 aliphatic rings. The van der Waals surface area contributed by atoms with E-state index in [-0.39, 0.29) is 12.3 Å². The van der Waals surface area contributed by atoms with Crippen LogP contribution in [0.25, 0.3) is 10.1 Å². The summed E-state index contributed by atoms with van der Waals surface area (Å²) in [4.78, 5) is 0. The van der Waals surface area contributed by atoms with Crippen molar-refractivity contribution in [2.75, 3.05) is 10.1 Å². The second kappa shape index (κ2) is 7.72. The molecule has 2 aromatic carbocycles. The van der Waals surface area contributed by atoms with Crippen LogP contribution < -0.4 is 4.31 Å². The van der Waals surface area contributed by atoms with Gasteiger partial charge < -0.3 is 0 Å². The third-order valence-electron chi connectivity index (χ3n) is 4.06. The average molecular weight is 395 g/mol. The Morgan fingerprint density at radius 3 is 2.50 bits per heavy atom. The van der Waals surface area contributed by atoms with Crippen molar-refractivity contribution in [2.24, 2.45) is 0 Å². The highest BCUT2D eigenvalue weighted by Gasteiger charge is 2.24. The van der Waals surface area contributed by atoms with Crippen LogP contribution in [-0.2, 0) is 16.6 Å². The molecule has 0 amide bonds. The van der Waals surface area contributed by atoms with Gasteiger partial charge in [-0.1, -0.05) is 37.6 Å². The lowest BCUT2D eigenvalue weighted by atomic mass is 10.2. The van der Waals surface area contributed by atoms with E-state index >= 15 is 0 Å². The fourth-order valence-electron chi connectivity index (χ4n) is 2.64. The number of benzene rings is 2. The Bertz CT molecular complexity index is 982. The van der Waals surface area contributed by atoms with E-state index in [2.05, 4.69) is 0 Å². The van der Waals surface area contributed by atoms with Gasteiger partial charge in [-0.3, -0.25) is 4.31 Å². The Balaban J connectivity index is 2.02.